The third-order valence-corrected chi connectivity index (χ3v) is 2.75. The molecule has 4 heteroatoms. The van der Waals surface area contributed by atoms with Gasteiger partial charge in [0.1, 0.15) is 5.82 Å². The molecule has 1 aromatic rings. The number of Topliss-reactive ketones (excluding diaryl/α,β-unsaturated/α-hetero) is 1. The number of carbonyl (C=O) groups is 1. The summed E-state index contributed by atoms with van der Waals surface area (Å²) in [7, 11) is 0. The van der Waals surface area contributed by atoms with E-state index in [0.29, 0.717) is 18.8 Å². The van der Waals surface area contributed by atoms with Gasteiger partial charge in [-0.3, -0.25) is 4.79 Å². The summed E-state index contributed by atoms with van der Waals surface area (Å²) in [6, 6.07) is 3.17. The summed E-state index contributed by atoms with van der Waals surface area (Å²) in [6.07, 6.45) is -0.455. The minimum absolute atomic E-state index is 0.0703. The molecule has 0 bridgehead atoms. The first-order chi connectivity index (χ1) is 8.08. The Balaban J connectivity index is 2.18. The van der Waals surface area contributed by atoms with E-state index in [1.54, 1.807) is 19.9 Å². The van der Waals surface area contributed by atoms with Crippen LogP contribution in [0.15, 0.2) is 12.1 Å². The van der Waals surface area contributed by atoms with Crippen LogP contribution < -0.4 is 0 Å². The summed E-state index contributed by atoms with van der Waals surface area (Å²) in [4.78, 5) is 12.0. The Morgan fingerprint density at radius 3 is 2.59 bits per heavy atom. The van der Waals surface area contributed by atoms with Gasteiger partial charge in [-0.15, -0.1) is 0 Å². The zero-order valence-corrected chi connectivity index (χ0v) is 9.96. The molecule has 92 valence electrons. The summed E-state index contributed by atoms with van der Waals surface area (Å²) in [6.45, 7) is 4.52. The number of carbonyl (C=O) groups excluding carboxylic acids is 1. The fourth-order valence-corrected chi connectivity index (χ4v) is 2.05. The Hall–Kier alpha value is -1.26. The van der Waals surface area contributed by atoms with Gasteiger partial charge in [0.05, 0.1) is 25.2 Å². The van der Waals surface area contributed by atoms with Crippen LogP contribution in [0.3, 0.4) is 0 Å². The molecule has 3 nitrogen and oxygen atoms in total. The number of hydrogen-bond donors (Lipinski definition) is 0. The second kappa shape index (κ2) is 4.94. The Kier molecular flexibility index (Phi) is 3.54. The van der Waals surface area contributed by atoms with Gasteiger partial charge in [0.15, 0.2) is 12.1 Å². The minimum atomic E-state index is -0.525. The summed E-state index contributed by atoms with van der Waals surface area (Å²) in [5.74, 6) is -0.739. The van der Waals surface area contributed by atoms with Crippen LogP contribution in [0, 0.1) is 19.7 Å². The molecule has 0 spiro atoms. The van der Waals surface area contributed by atoms with Crippen molar-refractivity contribution in [1.82, 2.24) is 0 Å². The van der Waals surface area contributed by atoms with E-state index in [0.717, 1.165) is 5.56 Å². The van der Waals surface area contributed by atoms with E-state index >= 15 is 0 Å². The molecule has 1 aliphatic rings. The van der Waals surface area contributed by atoms with Crippen molar-refractivity contribution in [2.45, 2.75) is 26.6 Å². The lowest BCUT2D eigenvalue weighted by molar-refractivity contribution is -0.0408. The Morgan fingerprint density at radius 1 is 1.35 bits per heavy atom. The molecule has 0 saturated carbocycles. The van der Waals surface area contributed by atoms with Crippen molar-refractivity contribution >= 4 is 5.78 Å². The molecule has 2 rings (SSSR count). The highest BCUT2D eigenvalue weighted by Crippen LogP contribution is 2.20. The van der Waals surface area contributed by atoms with Crippen LogP contribution in [-0.2, 0) is 9.47 Å². The van der Waals surface area contributed by atoms with E-state index in [1.807, 2.05) is 0 Å². The van der Waals surface area contributed by atoms with Crippen molar-refractivity contribution in [3.05, 3.63) is 34.6 Å². The van der Waals surface area contributed by atoms with Crippen molar-refractivity contribution in [2.24, 2.45) is 0 Å². The second-order valence-corrected chi connectivity index (χ2v) is 4.24. The summed E-state index contributed by atoms with van der Waals surface area (Å²) >= 11 is 0. The first-order valence-corrected chi connectivity index (χ1v) is 5.61. The molecule has 0 atom stereocenters. The maximum absolute atomic E-state index is 13.7. The van der Waals surface area contributed by atoms with Crippen LogP contribution in [-0.4, -0.2) is 25.3 Å². The Bertz CT molecular complexity index is 413. The number of hydrogen-bond acceptors (Lipinski definition) is 3. The molecule has 0 aliphatic carbocycles. The average Bonchev–Trinajstić information content (AvgIpc) is 2.68. The van der Waals surface area contributed by atoms with Gasteiger partial charge in [-0.2, -0.15) is 0 Å². The van der Waals surface area contributed by atoms with Crippen molar-refractivity contribution < 1.29 is 18.7 Å². The van der Waals surface area contributed by atoms with Crippen LogP contribution in [0.2, 0.25) is 0 Å². The smallest absolute Gasteiger partial charge is 0.171 e. The summed E-state index contributed by atoms with van der Waals surface area (Å²) in [5, 5.41) is 0. The van der Waals surface area contributed by atoms with Gasteiger partial charge in [-0.25, -0.2) is 4.39 Å². The largest absolute Gasteiger partial charge is 0.350 e. The molecular formula is C13H15FO3. The zero-order chi connectivity index (χ0) is 12.4. The van der Waals surface area contributed by atoms with Crippen molar-refractivity contribution in [3.63, 3.8) is 0 Å². The van der Waals surface area contributed by atoms with Gasteiger partial charge in [0.2, 0.25) is 0 Å². The van der Waals surface area contributed by atoms with Crippen LogP contribution in [0.1, 0.15) is 27.9 Å². The highest BCUT2D eigenvalue weighted by molar-refractivity contribution is 5.98. The SMILES string of the molecule is Cc1cc(C)c(C(=O)CC2OCCO2)c(F)c1. The number of halogens is 1. The predicted molar refractivity (Wildman–Crippen MR) is 60.5 cm³/mol. The number of ketones is 1. The lowest BCUT2D eigenvalue weighted by Crippen LogP contribution is -2.16. The Morgan fingerprint density at radius 2 is 2.00 bits per heavy atom. The van der Waals surface area contributed by atoms with Crippen LogP contribution in [0.4, 0.5) is 4.39 Å². The monoisotopic (exact) mass is 238 g/mol. The van der Waals surface area contributed by atoms with Crippen LogP contribution >= 0.6 is 0 Å². The maximum Gasteiger partial charge on any atom is 0.171 e. The zero-order valence-electron chi connectivity index (χ0n) is 9.96. The van der Waals surface area contributed by atoms with Gasteiger partial charge in [0, 0.05) is 0 Å². The normalized spacial score (nSPS) is 16.4. The highest BCUT2D eigenvalue weighted by atomic mass is 19.1. The molecule has 1 fully saturated rings. The van der Waals surface area contributed by atoms with Gasteiger partial charge in [0.25, 0.3) is 0 Å². The number of aryl methyl sites for hydroxylation is 2. The first-order valence-electron chi connectivity index (χ1n) is 5.61. The quantitative estimate of drug-likeness (QED) is 0.758. The topological polar surface area (TPSA) is 35.5 Å². The molecule has 1 heterocycles. The average molecular weight is 238 g/mol. The standard InChI is InChI=1S/C13H15FO3/c1-8-5-9(2)13(10(14)6-8)11(15)7-12-16-3-4-17-12/h5-6,12H,3-4,7H2,1-2H3. The van der Waals surface area contributed by atoms with Crippen LogP contribution in [0.5, 0.6) is 0 Å². The third kappa shape index (κ3) is 2.70. The highest BCUT2D eigenvalue weighted by Gasteiger charge is 2.23. The van der Waals surface area contributed by atoms with E-state index in [-0.39, 0.29) is 17.8 Å². The van der Waals surface area contributed by atoms with E-state index in [2.05, 4.69) is 0 Å². The second-order valence-electron chi connectivity index (χ2n) is 4.24. The fraction of sp³-hybridized carbons (Fsp3) is 0.462. The van der Waals surface area contributed by atoms with Crippen molar-refractivity contribution in [3.8, 4) is 0 Å². The summed E-state index contributed by atoms with van der Waals surface area (Å²) < 4.78 is 24.1. The van der Waals surface area contributed by atoms with E-state index in [9.17, 15) is 9.18 Å². The first kappa shape index (κ1) is 12.2. The molecule has 0 amide bonds. The lowest BCUT2D eigenvalue weighted by Gasteiger charge is -2.11. The van der Waals surface area contributed by atoms with E-state index in [4.69, 9.17) is 9.47 Å². The van der Waals surface area contributed by atoms with E-state index in [1.165, 1.54) is 6.07 Å². The predicted octanol–water partition coefficient (Wildman–Crippen LogP) is 2.39. The van der Waals surface area contributed by atoms with Crippen molar-refractivity contribution in [1.29, 1.82) is 0 Å². The molecule has 0 radical (unpaired) electrons. The van der Waals surface area contributed by atoms with Crippen LogP contribution in [0.25, 0.3) is 0 Å². The molecule has 1 aliphatic heterocycles. The van der Waals surface area contributed by atoms with Crippen molar-refractivity contribution in [2.75, 3.05) is 13.2 Å². The molecule has 0 N–H and O–H groups in total. The third-order valence-electron chi connectivity index (χ3n) is 2.75. The molecule has 0 unspecified atom stereocenters. The van der Waals surface area contributed by atoms with Gasteiger partial charge in [-0.1, -0.05) is 6.07 Å². The van der Waals surface area contributed by atoms with E-state index < -0.39 is 12.1 Å². The number of benzene rings is 1. The van der Waals surface area contributed by atoms with Gasteiger partial charge < -0.3 is 9.47 Å². The lowest BCUT2D eigenvalue weighted by atomic mass is 9.99. The summed E-state index contributed by atoms with van der Waals surface area (Å²) in [5.41, 5.74) is 1.62. The molecule has 17 heavy (non-hydrogen) atoms. The number of rotatable bonds is 3. The van der Waals surface area contributed by atoms with Gasteiger partial charge in [-0.05, 0) is 31.0 Å². The minimum Gasteiger partial charge on any atom is -0.350 e. The van der Waals surface area contributed by atoms with Gasteiger partial charge >= 0.3 is 0 Å². The maximum atomic E-state index is 13.7. The number of ether oxygens (including phenoxy) is 2. The molecule has 0 aromatic heterocycles. The molecular weight excluding hydrogens is 223 g/mol. The Labute approximate surface area is 99.5 Å². The molecule has 1 saturated heterocycles. The fourth-order valence-electron chi connectivity index (χ4n) is 2.05. The molecule has 1 aromatic carbocycles.